The Kier molecular flexibility index (Phi) is 5.69. The minimum absolute atomic E-state index is 0.627. The van der Waals surface area contributed by atoms with Crippen molar-refractivity contribution in [1.82, 2.24) is 24.9 Å². The van der Waals surface area contributed by atoms with Crippen LogP contribution in [0.5, 0.6) is 0 Å². The minimum atomic E-state index is 0.627. The van der Waals surface area contributed by atoms with Crippen molar-refractivity contribution in [3.8, 4) is 11.4 Å². The van der Waals surface area contributed by atoms with Gasteiger partial charge in [-0.25, -0.2) is 19.9 Å². The molecule has 0 bridgehead atoms. The predicted octanol–water partition coefficient (Wildman–Crippen LogP) is 4.63. The van der Waals surface area contributed by atoms with E-state index in [9.17, 15) is 0 Å². The van der Waals surface area contributed by atoms with E-state index in [-0.39, 0.29) is 0 Å². The lowest BCUT2D eigenvalue weighted by molar-refractivity contribution is 0.923. The highest BCUT2D eigenvalue weighted by molar-refractivity contribution is 5.90. The van der Waals surface area contributed by atoms with Crippen LogP contribution in [0.2, 0.25) is 0 Å². The van der Waals surface area contributed by atoms with Crippen LogP contribution in [0.4, 0.5) is 11.6 Å². The van der Waals surface area contributed by atoms with Crippen molar-refractivity contribution in [3.63, 3.8) is 0 Å². The van der Waals surface area contributed by atoms with Crippen molar-refractivity contribution in [3.05, 3.63) is 65.9 Å². The molecule has 33 heavy (non-hydrogen) atoms. The Morgan fingerprint density at radius 2 is 1.64 bits per heavy atom. The summed E-state index contributed by atoms with van der Waals surface area (Å²) in [6, 6.07) is 14.1. The third-order valence-electron chi connectivity index (χ3n) is 5.82. The number of anilines is 2. The first-order valence-electron chi connectivity index (χ1n) is 11.3. The maximum absolute atomic E-state index is 4.84. The molecule has 3 aromatic heterocycles. The molecule has 166 valence electrons. The molecular weight excluding hydrogens is 410 g/mol. The third kappa shape index (κ3) is 4.39. The fourth-order valence-electron chi connectivity index (χ4n) is 4.15. The molecular formula is C26H27N7. The third-order valence-corrected chi connectivity index (χ3v) is 5.82. The molecule has 1 fully saturated rings. The number of hydrogen-bond donors (Lipinski definition) is 0. The van der Waals surface area contributed by atoms with Gasteiger partial charge in [-0.05, 0) is 55.7 Å². The highest BCUT2D eigenvalue weighted by Crippen LogP contribution is 2.26. The molecule has 4 aromatic rings. The van der Waals surface area contributed by atoms with Gasteiger partial charge in [0.1, 0.15) is 11.6 Å². The van der Waals surface area contributed by atoms with Crippen LogP contribution in [-0.2, 0) is 0 Å². The normalized spacial score (nSPS) is 13.8. The quantitative estimate of drug-likeness (QED) is 0.451. The van der Waals surface area contributed by atoms with Crippen LogP contribution in [0, 0.1) is 6.92 Å². The Hall–Kier alpha value is -3.87. The molecule has 1 saturated heterocycles. The molecule has 0 radical (unpaired) electrons. The lowest BCUT2D eigenvalue weighted by Crippen LogP contribution is -2.19. The molecule has 0 saturated carbocycles. The topological polar surface area (TPSA) is 70.9 Å². The SMILES string of the molecule is Cc1cccnc1-c1cc(N2CCCC2)nc(C=Cc2nc(N(C)C)c3ccccc3n2)n1. The first kappa shape index (κ1) is 21.0. The molecule has 1 aromatic carbocycles. The Balaban J connectivity index is 1.57. The van der Waals surface area contributed by atoms with Crippen LogP contribution >= 0.6 is 0 Å². The van der Waals surface area contributed by atoms with Crippen LogP contribution in [0.3, 0.4) is 0 Å². The summed E-state index contributed by atoms with van der Waals surface area (Å²) in [5, 5.41) is 1.03. The summed E-state index contributed by atoms with van der Waals surface area (Å²) in [7, 11) is 3.98. The number of fused-ring (bicyclic) bond motifs is 1. The van der Waals surface area contributed by atoms with Gasteiger partial charge in [0.2, 0.25) is 0 Å². The summed E-state index contributed by atoms with van der Waals surface area (Å²) in [5.41, 5.74) is 3.71. The molecule has 1 aliphatic heterocycles. The molecule has 0 amide bonds. The summed E-state index contributed by atoms with van der Waals surface area (Å²) in [6.45, 7) is 4.09. The number of pyridine rings is 1. The first-order chi connectivity index (χ1) is 16.1. The summed E-state index contributed by atoms with van der Waals surface area (Å²) in [4.78, 5) is 28.0. The van der Waals surface area contributed by atoms with E-state index >= 15 is 0 Å². The van der Waals surface area contributed by atoms with Gasteiger partial charge in [-0.2, -0.15) is 0 Å². The van der Waals surface area contributed by atoms with E-state index in [0.29, 0.717) is 11.6 Å². The summed E-state index contributed by atoms with van der Waals surface area (Å²) < 4.78 is 0. The number of nitrogens with zero attached hydrogens (tertiary/aromatic N) is 7. The molecule has 0 aliphatic carbocycles. The number of aromatic nitrogens is 5. The second-order valence-electron chi connectivity index (χ2n) is 8.48. The molecule has 7 heteroatoms. The largest absolute Gasteiger partial charge is 0.362 e. The van der Waals surface area contributed by atoms with Crippen molar-refractivity contribution >= 4 is 34.7 Å². The zero-order chi connectivity index (χ0) is 22.8. The molecule has 0 N–H and O–H groups in total. The zero-order valence-electron chi connectivity index (χ0n) is 19.2. The number of aryl methyl sites for hydroxylation is 1. The first-order valence-corrected chi connectivity index (χ1v) is 11.3. The van der Waals surface area contributed by atoms with Crippen LogP contribution in [0.25, 0.3) is 34.4 Å². The van der Waals surface area contributed by atoms with Crippen LogP contribution < -0.4 is 9.80 Å². The molecule has 0 atom stereocenters. The summed E-state index contributed by atoms with van der Waals surface area (Å²) in [6.07, 6.45) is 7.96. The number of benzene rings is 1. The Morgan fingerprint density at radius 1 is 0.879 bits per heavy atom. The average Bonchev–Trinajstić information content (AvgIpc) is 3.37. The van der Waals surface area contributed by atoms with Gasteiger partial charge in [-0.3, -0.25) is 4.98 Å². The van der Waals surface area contributed by atoms with Gasteiger partial charge in [0, 0.05) is 44.8 Å². The van der Waals surface area contributed by atoms with Crippen molar-refractivity contribution in [2.75, 3.05) is 37.0 Å². The Labute approximate surface area is 193 Å². The molecule has 0 spiro atoms. The molecule has 0 unspecified atom stereocenters. The van der Waals surface area contributed by atoms with Gasteiger partial charge in [0.05, 0.1) is 16.9 Å². The van der Waals surface area contributed by atoms with Crippen LogP contribution in [-0.4, -0.2) is 52.1 Å². The van der Waals surface area contributed by atoms with E-state index in [1.54, 1.807) is 6.20 Å². The number of hydrogen-bond acceptors (Lipinski definition) is 7. The molecule has 5 rings (SSSR count). The molecule has 4 heterocycles. The van der Waals surface area contributed by atoms with Crippen molar-refractivity contribution in [1.29, 1.82) is 0 Å². The lowest BCUT2D eigenvalue weighted by Gasteiger charge is -2.17. The predicted molar refractivity (Wildman–Crippen MR) is 134 cm³/mol. The van der Waals surface area contributed by atoms with Crippen LogP contribution in [0.1, 0.15) is 30.1 Å². The van der Waals surface area contributed by atoms with E-state index in [0.717, 1.165) is 52.6 Å². The second kappa shape index (κ2) is 8.94. The minimum Gasteiger partial charge on any atom is -0.362 e. The smallest absolute Gasteiger partial charge is 0.155 e. The van der Waals surface area contributed by atoms with Crippen molar-refractivity contribution in [2.45, 2.75) is 19.8 Å². The Bertz CT molecular complexity index is 1320. The van der Waals surface area contributed by atoms with E-state index < -0.39 is 0 Å². The van der Waals surface area contributed by atoms with Gasteiger partial charge >= 0.3 is 0 Å². The fraction of sp³-hybridized carbons (Fsp3) is 0.269. The lowest BCUT2D eigenvalue weighted by atomic mass is 10.1. The zero-order valence-corrected chi connectivity index (χ0v) is 19.2. The van der Waals surface area contributed by atoms with E-state index in [1.807, 2.05) is 61.5 Å². The highest BCUT2D eigenvalue weighted by Gasteiger charge is 2.17. The van der Waals surface area contributed by atoms with Gasteiger partial charge < -0.3 is 9.80 Å². The number of para-hydroxylation sites is 1. The van der Waals surface area contributed by atoms with Gasteiger partial charge in [0.15, 0.2) is 11.6 Å². The maximum Gasteiger partial charge on any atom is 0.155 e. The van der Waals surface area contributed by atoms with Gasteiger partial charge in [-0.15, -0.1) is 0 Å². The van der Waals surface area contributed by atoms with E-state index in [4.69, 9.17) is 19.9 Å². The summed E-state index contributed by atoms with van der Waals surface area (Å²) in [5.74, 6) is 3.08. The average molecular weight is 438 g/mol. The monoisotopic (exact) mass is 437 g/mol. The van der Waals surface area contributed by atoms with E-state index in [2.05, 4.69) is 28.9 Å². The van der Waals surface area contributed by atoms with E-state index in [1.165, 1.54) is 12.8 Å². The second-order valence-corrected chi connectivity index (χ2v) is 8.48. The van der Waals surface area contributed by atoms with Crippen LogP contribution in [0.15, 0.2) is 48.7 Å². The molecule has 1 aliphatic rings. The standard InChI is InChI=1S/C26H27N7/c1-18-9-8-14-27-25(18)21-17-24(33-15-6-7-16-33)30-22(29-21)12-13-23-28-20-11-5-4-10-19(20)26(31-23)32(2)3/h4-5,8-14,17H,6-7,15-16H2,1-3H3. The van der Waals surface area contributed by atoms with Gasteiger partial charge in [0.25, 0.3) is 0 Å². The van der Waals surface area contributed by atoms with Crippen molar-refractivity contribution in [2.24, 2.45) is 0 Å². The van der Waals surface area contributed by atoms with Gasteiger partial charge in [-0.1, -0.05) is 18.2 Å². The fourth-order valence-corrected chi connectivity index (χ4v) is 4.15. The Morgan fingerprint density at radius 3 is 2.39 bits per heavy atom. The maximum atomic E-state index is 4.84. The molecule has 7 nitrogen and oxygen atoms in total. The summed E-state index contributed by atoms with van der Waals surface area (Å²) >= 11 is 0. The number of rotatable bonds is 5. The van der Waals surface area contributed by atoms with Crippen molar-refractivity contribution < 1.29 is 0 Å². The highest BCUT2D eigenvalue weighted by atomic mass is 15.2.